The van der Waals surface area contributed by atoms with Gasteiger partial charge in [-0.05, 0) is 37.3 Å². The van der Waals surface area contributed by atoms with Gasteiger partial charge < -0.3 is 24.3 Å². The Morgan fingerprint density at radius 3 is 2.68 bits per heavy atom. The number of piperazine rings is 1. The Hall–Kier alpha value is -2.67. The number of ether oxygens (including phenoxy) is 1. The highest BCUT2D eigenvalue weighted by molar-refractivity contribution is 6.30. The maximum Gasteiger partial charge on any atom is 0.289 e. The summed E-state index contributed by atoms with van der Waals surface area (Å²) in [5.41, 5.74) is 0. The predicted molar refractivity (Wildman–Crippen MR) is 109 cm³/mol. The highest BCUT2D eigenvalue weighted by atomic mass is 35.5. The van der Waals surface area contributed by atoms with Gasteiger partial charge in [0.1, 0.15) is 12.4 Å². The van der Waals surface area contributed by atoms with Crippen LogP contribution in [0.3, 0.4) is 0 Å². The van der Waals surface area contributed by atoms with Gasteiger partial charge in [0.05, 0.1) is 12.8 Å². The summed E-state index contributed by atoms with van der Waals surface area (Å²) in [5, 5.41) is 3.96. The molecule has 0 bridgehead atoms. The molecule has 1 aromatic carbocycles. The van der Waals surface area contributed by atoms with Crippen LogP contribution in [0.4, 0.5) is 0 Å². The van der Waals surface area contributed by atoms with Gasteiger partial charge in [0.25, 0.3) is 5.91 Å². The molecule has 0 spiro atoms. The second-order valence-electron chi connectivity index (χ2n) is 6.30. The Morgan fingerprint density at radius 1 is 1.21 bits per heavy atom. The van der Waals surface area contributed by atoms with E-state index in [1.807, 2.05) is 25.1 Å². The lowest BCUT2D eigenvalue weighted by Gasteiger charge is -2.36. The lowest BCUT2D eigenvalue weighted by Crippen LogP contribution is -2.53. The molecule has 3 rings (SSSR count). The van der Waals surface area contributed by atoms with Gasteiger partial charge in [-0.15, -0.1) is 0 Å². The Morgan fingerprint density at radius 2 is 2.00 bits per heavy atom. The van der Waals surface area contributed by atoms with E-state index in [-0.39, 0.29) is 5.91 Å². The summed E-state index contributed by atoms with van der Waals surface area (Å²) in [7, 11) is 0. The van der Waals surface area contributed by atoms with Gasteiger partial charge in [0.2, 0.25) is 0 Å². The van der Waals surface area contributed by atoms with E-state index >= 15 is 0 Å². The third-order valence-electron chi connectivity index (χ3n) is 4.35. The Bertz CT molecular complexity index is 787. The third kappa shape index (κ3) is 5.42. The van der Waals surface area contributed by atoms with E-state index in [9.17, 15) is 4.79 Å². The summed E-state index contributed by atoms with van der Waals surface area (Å²) in [6.45, 7) is 6.49. The van der Waals surface area contributed by atoms with Crippen molar-refractivity contribution in [3.05, 3.63) is 53.4 Å². The molecule has 0 aliphatic carbocycles. The number of guanidine groups is 1. The van der Waals surface area contributed by atoms with Crippen molar-refractivity contribution in [2.45, 2.75) is 6.92 Å². The zero-order valence-electron chi connectivity index (χ0n) is 15.9. The molecule has 28 heavy (non-hydrogen) atoms. The monoisotopic (exact) mass is 404 g/mol. The zero-order valence-corrected chi connectivity index (χ0v) is 16.7. The lowest BCUT2D eigenvalue weighted by atomic mass is 10.3. The zero-order chi connectivity index (χ0) is 19.8. The first-order valence-electron chi connectivity index (χ1n) is 9.42. The second-order valence-corrected chi connectivity index (χ2v) is 6.73. The van der Waals surface area contributed by atoms with Gasteiger partial charge in [-0.3, -0.25) is 4.79 Å². The predicted octanol–water partition coefficient (Wildman–Crippen LogP) is 2.74. The van der Waals surface area contributed by atoms with E-state index in [2.05, 4.69) is 15.2 Å². The van der Waals surface area contributed by atoms with Gasteiger partial charge in [0, 0.05) is 37.7 Å². The number of amides is 1. The number of nitrogens with one attached hydrogen (secondary N) is 1. The second kappa shape index (κ2) is 10.0. The first-order chi connectivity index (χ1) is 13.7. The summed E-state index contributed by atoms with van der Waals surface area (Å²) >= 11 is 5.96. The molecule has 2 heterocycles. The minimum atomic E-state index is -0.0680. The number of carbonyl (C=O) groups excluding carboxylic acids is 1. The molecule has 0 unspecified atom stereocenters. The molecule has 0 saturated carbocycles. The van der Waals surface area contributed by atoms with Gasteiger partial charge >= 0.3 is 0 Å². The van der Waals surface area contributed by atoms with Crippen LogP contribution in [0, 0.1) is 0 Å². The van der Waals surface area contributed by atoms with E-state index in [1.165, 1.54) is 6.26 Å². The van der Waals surface area contributed by atoms with Crippen molar-refractivity contribution >= 4 is 23.5 Å². The van der Waals surface area contributed by atoms with Crippen molar-refractivity contribution in [2.75, 3.05) is 45.9 Å². The number of halogens is 1. The highest BCUT2D eigenvalue weighted by Crippen LogP contribution is 2.17. The topological polar surface area (TPSA) is 70.3 Å². The number of hydrogen-bond donors (Lipinski definition) is 1. The molecule has 1 saturated heterocycles. The fourth-order valence-electron chi connectivity index (χ4n) is 2.98. The molecule has 8 heteroatoms. The van der Waals surface area contributed by atoms with Crippen LogP contribution in [0.15, 0.2) is 52.1 Å². The van der Waals surface area contributed by atoms with Crippen molar-refractivity contribution in [1.29, 1.82) is 0 Å². The average Bonchev–Trinajstić information content (AvgIpc) is 3.25. The van der Waals surface area contributed by atoms with E-state index in [0.29, 0.717) is 50.1 Å². The molecule has 7 nitrogen and oxygen atoms in total. The summed E-state index contributed by atoms with van der Waals surface area (Å²) in [5.74, 6) is 1.88. The standard InChI is InChI=1S/C20H25ClN4O3/c1-2-22-20(23-8-14-27-17-6-3-5-16(21)15-17)25-11-9-24(10-12-25)19(26)18-7-4-13-28-18/h3-7,13,15H,2,8-12,14H2,1H3,(H,22,23). The van der Waals surface area contributed by atoms with Crippen molar-refractivity contribution in [1.82, 2.24) is 15.1 Å². The first-order valence-corrected chi connectivity index (χ1v) is 9.79. The maximum absolute atomic E-state index is 12.4. The Labute approximate surface area is 169 Å². The lowest BCUT2D eigenvalue weighted by molar-refractivity contribution is 0.0657. The number of furan rings is 1. The van der Waals surface area contributed by atoms with Crippen molar-refractivity contribution in [3.8, 4) is 5.75 Å². The van der Waals surface area contributed by atoms with Crippen LogP contribution in [-0.4, -0.2) is 67.5 Å². The van der Waals surface area contributed by atoms with Gasteiger partial charge in [-0.2, -0.15) is 0 Å². The van der Waals surface area contributed by atoms with E-state index in [0.717, 1.165) is 18.3 Å². The molecule has 0 atom stereocenters. The van der Waals surface area contributed by atoms with Crippen LogP contribution in [-0.2, 0) is 0 Å². The molecule has 1 amide bonds. The number of benzene rings is 1. The molecular formula is C20H25ClN4O3. The fraction of sp³-hybridized carbons (Fsp3) is 0.400. The van der Waals surface area contributed by atoms with Crippen LogP contribution in [0.1, 0.15) is 17.5 Å². The van der Waals surface area contributed by atoms with Crippen LogP contribution in [0.5, 0.6) is 5.75 Å². The molecule has 0 radical (unpaired) electrons. The normalized spacial score (nSPS) is 14.9. The summed E-state index contributed by atoms with van der Waals surface area (Å²) < 4.78 is 10.9. The highest BCUT2D eigenvalue weighted by Gasteiger charge is 2.25. The third-order valence-corrected chi connectivity index (χ3v) is 4.59. The van der Waals surface area contributed by atoms with E-state index < -0.39 is 0 Å². The average molecular weight is 405 g/mol. The quantitative estimate of drug-likeness (QED) is 0.455. The summed E-state index contributed by atoms with van der Waals surface area (Å²) in [6, 6.07) is 10.7. The Balaban J connectivity index is 1.49. The van der Waals surface area contributed by atoms with Gasteiger partial charge in [-0.25, -0.2) is 4.99 Å². The van der Waals surface area contributed by atoms with E-state index in [4.69, 9.17) is 20.8 Å². The van der Waals surface area contributed by atoms with E-state index in [1.54, 1.807) is 23.1 Å². The largest absolute Gasteiger partial charge is 0.492 e. The number of aliphatic imine (C=N–C) groups is 1. The van der Waals surface area contributed by atoms with Crippen molar-refractivity contribution in [3.63, 3.8) is 0 Å². The smallest absolute Gasteiger partial charge is 0.289 e. The fourth-order valence-corrected chi connectivity index (χ4v) is 3.16. The Kier molecular flexibility index (Phi) is 7.19. The number of hydrogen-bond acceptors (Lipinski definition) is 4. The molecule has 1 aromatic heterocycles. The summed E-state index contributed by atoms with van der Waals surface area (Å²) in [4.78, 5) is 21.0. The molecule has 1 aliphatic rings. The minimum Gasteiger partial charge on any atom is -0.492 e. The molecular weight excluding hydrogens is 380 g/mol. The van der Waals surface area contributed by atoms with Crippen molar-refractivity contribution < 1.29 is 13.9 Å². The molecule has 1 aliphatic heterocycles. The molecule has 1 fully saturated rings. The number of rotatable bonds is 6. The first kappa shape index (κ1) is 20.1. The summed E-state index contributed by atoms with van der Waals surface area (Å²) in [6.07, 6.45) is 1.52. The maximum atomic E-state index is 12.4. The van der Waals surface area contributed by atoms with Crippen LogP contribution < -0.4 is 10.1 Å². The van der Waals surface area contributed by atoms with Gasteiger partial charge in [-0.1, -0.05) is 17.7 Å². The van der Waals surface area contributed by atoms with Crippen LogP contribution in [0.2, 0.25) is 5.02 Å². The molecule has 2 aromatic rings. The number of nitrogens with zero attached hydrogens (tertiary/aromatic N) is 3. The van der Waals surface area contributed by atoms with Gasteiger partial charge in [0.15, 0.2) is 11.7 Å². The van der Waals surface area contributed by atoms with Crippen molar-refractivity contribution in [2.24, 2.45) is 4.99 Å². The number of carbonyl (C=O) groups is 1. The SMILES string of the molecule is CCNC(=NCCOc1cccc(Cl)c1)N1CCN(C(=O)c2ccco2)CC1. The van der Waals surface area contributed by atoms with Crippen LogP contribution in [0.25, 0.3) is 0 Å². The molecule has 150 valence electrons. The van der Waals surface area contributed by atoms with Crippen LogP contribution >= 0.6 is 11.6 Å². The minimum absolute atomic E-state index is 0.0680. The molecule has 1 N–H and O–H groups in total.